The smallest absolute Gasteiger partial charge is 0.122 e. The minimum Gasteiger partial charge on any atom is -0.496 e. The van der Waals surface area contributed by atoms with Gasteiger partial charge in [-0.2, -0.15) is 0 Å². The molecule has 0 bridgehead atoms. The SMILES string of the molecule is CCCC(Cc1cncc(-c2ccc(CC)c(OC)c2)n1)c1cccnc1. The van der Waals surface area contributed by atoms with Crippen LogP contribution in [0.5, 0.6) is 5.75 Å². The van der Waals surface area contributed by atoms with E-state index >= 15 is 0 Å². The van der Waals surface area contributed by atoms with E-state index in [1.54, 1.807) is 7.11 Å². The van der Waals surface area contributed by atoms with Gasteiger partial charge in [-0.3, -0.25) is 9.97 Å². The van der Waals surface area contributed by atoms with Gasteiger partial charge in [0.15, 0.2) is 0 Å². The molecule has 1 unspecified atom stereocenters. The molecule has 2 aromatic heterocycles. The summed E-state index contributed by atoms with van der Waals surface area (Å²) in [6.45, 7) is 4.34. The van der Waals surface area contributed by atoms with Crippen LogP contribution in [0.4, 0.5) is 0 Å². The van der Waals surface area contributed by atoms with Crippen LogP contribution in [0.15, 0.2) is 55.1 Å². The van der Waals surface area contributed by atoms with Crippen molar-refractivity contribution in [3.8, 4) is 17.0 Å². The van der Waals surface area contributed by atoms with E-state index in [0.717, 1.165) is 48.4 Å². The molecule has 0 saturated carbocycles. The third kappa shape index (κ3) is 4.70. The summed E-state index contributed by atoms with van der Waals surface area (Å²) >= 11 is 0. The lowest BCUT2D eigenvalue weighted by Crippen LogP contribution is -2.06. The van der Waals surface area contributed by atoms with E-state index in [0.29, 0.717) is 5.92 Å². The van der Waals surface area contributed by atoms with Crippen LogP contribution in [0.2, 0.25) is 0 Å². The highest BCUT2D eigenvalue weighted by Crippen LogP contribution is 2.28. The van der Waals surface area contributed by atoms with Crippen molar-refractivity contribution in [3.63, 3.8) is 0 Å². The standard InChI is InChI=1S/C23H27N3O/c1-4-7-18(20-8-6-11-24-14-20)12-21-15-25-16-22(26-21)19-10-9-17(5-2)23(13-19)27-3/h6,8-11,13-16,18H,4-5,7,12H2,1-3H3. The number of aryl methyl sites for hydroxylation is 1. The largest absolute Gasteiger partial charge is 0.496 e. The van der Waals surface area contributed by atoms with Gasteiger partial charge in [-0.1, -0.05) is 38.5 Å². The third-order valence-corrected chi connectivity index (χ3v) is 4.90. The molecule has 0 aliphatic carbocycles. The Morgan fingerprint density at radius 3 is 2.63 bits per heavy atom. The number of benzene rings is 1. The van der Waals surface area contributed by atoms with E-state index in [1.165, 1.54) is 11.1 Å². The van der Waals surface area contributed by atoms with Crippen molar-refractivity contribution in [1.29, 1.82) is 0 Å². The molecule has 3 aromatic rings. The highest BCUT2D eigenvalue weighted by Gasteiger charge is 2.14. The van der Waals surface area contributed by atoms with Crippen LogP contribution < -0.4 is 4.74 Å². The van der Waals surface area contributed by atoms with E-state index in [-0.39, 0.29) is 0 Å². The van der Waals surface area contributed by atoms with Gasteiger partial charge < -0.3 is 4.74 Å². The molecule has 0 spiro atoms. The van der Waals surface area contributed by atoms with Gasteiger partial charge in [0.05, 0.1) is 24.7 Å². The lowest BCUT2D eigenvalue weighted by Gasteiger charge is -2.16. The minimum absolute atomic E-state index is 0.408. The Hall–Kier alpha value is -2.75. The maximum atomic E-state index is 5.53. The first-order valence-corrected chi connectivity index (χ1v) is 9.63. The van der Waals surface area contributed by atoms with Crippen molar-refractivity contribution in [1.82, 2.24) is 15.0 Å². The first-order chi connectivity index (χ1) is 13.2. The van der Waals surface area contributed by atoms with Crippen LogP contribution in [0.25, 0.3) is 11.3 Å². The molecular formula is C23H27N3O. The molecule has 4 nitrogen and oxygen atoms in total. The predicted octanol–water partition coefficient (Wildman–Crippen LogP) is 5.24. The topological polar surface area (TPSA) is 47.9 Å². The Kier molecular flexibility index (Phi) is 6.53. The number of nitrogens with zero attached hydrogens (tertiary/aromatic N) is 3. The maximum absolute atomic E-state index is 5.53. The van der Waals surface area contributed by atoms with E-state index in [2.05, 4.69) is 48.1 Å². The van der Waals surface area contributed by atoms with Crippen LogP contribution >= 0.6 is 0 Å². The Morgan fingerprint density at radius 1 is 1.04 bits per heavy atom. The molecule has 0 radical (unpaired) electrons. The molecule has 1 atom stereocenters. The van der Waals surface area contributed by atoms with Crippen LogP contribution in [-0.4, -0.2) is 22.1 Å². The zero-order valence-corrected chi connectivity index (χ0v) is 16.4. The number of ether oxygens (including phenoxy) is 1. The molecule has 140 valence electrons. The molecule has 0 saturated heterocycles. The molecule has 1 aromatic carbocycles. The second kappa shape index (κ2) is 9.26. The summed E-state index contributed by atoms with van der Waals surface area (Å²) in [5.74, 6) is 1.31. The van der Waals surface area contributed by atoms with E-state index < -0.39 is 0 Å². The van der Waals surface area contributed by atoms with Crippen molar-refractivity contribution in [2.45, 2.75) is 45.4 Å². The van der Waals surface area contributed by atoms with Gasteiger partial charge in [0.25, 0.3) is 0 Å². The number of pyridine rings is 1. The van der Waals surface area contributed by atoms with Crippen LogP contribution in [0.3, 0.4) is 0 Å². The Labute approximate surface area is 161 Å². The molecule has 0 N–H and O–H groups in total. The Balaban J connectivity index is 1.87. The van der Waals surface area contributed by atoms with Crippen molar-refractivity contribution in [2.75, 3.05) is 7.11 Å². The van der Waals surface area contributed by atoms with Crippen molar-refractivity contribution in [2.24, 2.45) is 0 Å². The normalized spacial score (nSPS) is 12.0. The molecule has 0 aliphatic heterocycles. The molecule has 0 amide bonds. The number of hydrogen-bond acceptors (Lipinski definition) is 4. The van der Waals surface area contributed by atoms with Crippen molar-refractivity contribution >= 4 is 0 Å². The van der Waals surface area contributed by atoms with E-state index in [4.69, 9.17) is 9.72 Å². The monoisotopic (exact) mass is 361 g/mol. The first kappa shape index (κ1) is 19.0. The van der Waals surface area contributed by atoms with Gasteiger partial charge in [0.2, 0.25) is 0 Å². The molecular weight excluding hydrogens is 334 g/mol. The number of methoxy groups -OCH3 is 1. The number of rotatable bonds is 8. The van der Waals surface area contributed by atoms with Crippen molar-refractivity contribution in [3.05, 3.63) is 71.9 Å². The second-order valence-electron chi connectivity index (χ2n) is 6.75. The summed E-state index contributed by atoms with van der Waals surface area (Å²) in [7, 11) is 1.71. The molecule has 4 heteroatoms. The summed E-state index contributed by atoms with van der Waals surface area (Å²) < 4.78 is 5.53. The van der Waals surface area contributed by atoms with Gasteiger partial charge in [-0.05, 0) is 48.4 Å². The fourth-order valence-electron chi connectivity index (χ4n) is 3.44. The molecule has 0 fully saturated rings. The Morgan fingerprint density at radius 2 is 1.93 bits per heavy atom. The highest BCUT2D eigenvalue weighted by molar-refractivity contribution is 5.62. The summed E-state index contributed by atoms with van der Waals surface area (Å²) in [6, 6.07) is 10.4. The number of hydrogen-bond donors (Lipinski definition) is 0. The van der Waals surface area contributed by atoms with E-state index in [9.17, 15) is 0 Å². The minimum atomic E-state index is 0.408. The fraction of sp³-hybridized carbons (Fsp3) is 0.348. The number of aromatic nitrogens is 3. The van der Waals surface area contributed by atoms with Crippen LogP contribution in [0.1, 0.15) is 49.4 Å². The van der Waals surface area contributed by atoms with Gasteiger partial charge >= 0.3 is 0 Å². The maximum Gasteiger partial charge on any atom is 0.122 e. The summed E-state index contributed by atoms with van der Waals surface area (Å²) in [5.41, 5.74) is 5.39. The quantitative estimate of drug-likeness (QED) is 0.551. The van der Waals surface area contributed by atoms with Gasteiger partial charge in [-0.15, -0.1) is 0 Å². The van der Waals surface area contributed by atoms with Crippen LogP contribution in [-0.2, 0) is 12.8 Å². The zero-order chi connectivity index (χ0) is 19.1. The molecule has 0 aliphatic rings. The van der Waals surface area contributed by atoms with Crippen molar-refractivity contribution < 1.29 is 4.74 Å². The second-order valence-corrected chi connectivity index (χ2v) is 6.75. The zero-order valence-electron chi connectivity index (χ0n) is 16.4. The fourth-order valence-corrected chi connectivity index (χ4v) is 3.44. The predicted molar refractivity (Wildman–Crippen MR) is 109 cm³/mol. The highest BCUT2D eigenvalue weighted by atomic mass is 16.5. The molecule has 2 heterocycles. The van der Waals surface area contributed by atoms with Gasteiger partial charge in [0, 0.05) is 24.2 Å². The third-order valence-electron chi connectivity index (χ3n) is 4.90. The van der Waals surface area contributed by atoms with Gasteiger partial charge in [-0.25, -0.2) is 4.98 Å². The summed E-state index contributed by atoms with van der Waals surface area (Å²) in [5, 5.41) is 0. The summed E-state index contributed by atoms with van der Waals surface area (Å²) in [4.78, 5) is 13.6. The average molecular weight is 361 g/mol. The molecule has 3 rings (SSSR count). The average Bonchev–Trinajstić information content (AvgIpc) is 2.73. The lowest BCUT2D eigenvalue weighted by molar-refractivity contribution is 0.410. The van der Waals surface area contributed by atoms with Crippen LogP contribution in [0, 0.1) is 0 Å². The van der Waals surface area contributed by atoms with E-state index in [1.807, 2.05) is 30.9 Å². The molecule has 27 heavy (non-hydrogen) atoms. The summed E-state index contributed by atoms with van der Waals surface area (Å²) in [6.07, 6.45) is 11.5. The lowest BCUT2D eigenvalue weighted by atomic mass is 9.91. The van der Waals surface area contributed by atoms with Gasteiger partial charge in [0.1, 0.15) is 5.75 Å². The Bertz CT molecular complexity index is 865. The first-order valence-electron chi connectivity index (χ1n) is 9.63.